The molecule has 3 rings (SSSR count). The maximum Gasteiger partial charge on any atom is 0.269 e. The van der Waals surface area contributed by atoms with E-state index in [1.165, 1.54) is 6.34 Å². The Morgan fingerprint density at radius 3 is 1.83 bits per heavy atom. The topological polar surface area (TPSA) is 68.2 Å². The van der Waals surface area contributed by atoms with Gasteiger partial charge in [-0.05, 0) is 67.6 Å². The van der Waals surface area contributed by atoms with E-state index in [0.29, 0.717) is 22.9 Å². The summed E-state index contributed by atoms with van der Waals surface area (Å²) < 4.78 is 38.1. The Morgan fingerprint density at radius 2 is 1.31 bits per heavy atom. The largest absolute Gasteiger partial charge is 0.497 e. The summed E-state index contributed by atoms with van der Waals surface area (Å²) >= 11 is 0. The standard InChI is InChI=1S/C22H22N2O4S/c1-17-4-14-22(15-5-17)29(25,26)24(19-8-12-21(28-3)13-9-19)16-23-18-6-10-20(27-2)11-7-18/h4-16H,1-3H3. The van der Waals surface area contributed by atoms with Crippen molar-refractivity contribution >= 4 is 27.7 Å². The van der Waals surface area contributed by atoms with Gasteiger partial charge < -0.3 is 9.47 Å². The number of aryl methyl sites for hydroxylation is 1. The molecule has 7 heteroatoms. The number of hydrogen-bond donors (Lipinski definition) is 0. The van der Waals surface area contributed by atoms with Gasteiger partial charge in [0.2, 0.25) is 0 Å². The lowest BCUT2D eigenvalue weighted by molar-refractivity contribution is 0.415. The van der Waals surface area contributed by atoms with Gasteiger partial charge in [0.25, 0.3) is 10.0 Å². The van der Waals surface area contributed by atoms with Gasteiger partial charge in [0, 0.05) is 0 Å². The second-order valence-electron chi connectivity index (χ2n) is 6.25. The third kappa shape index (κ3) is 4.75. The maximum atomic E-state index is 13.3. The monoisotopic (exact) mass is 410 g/mol. The first-order valence-electron chi connectivity index (χ1n) is 8.87. The Morgan fingerprint density at radius 1 is 0.793 bits per heavy atom. The number of sulfonamides is 1. The van der Waals surface area contributed by atoms with Crippen molar-refractivity contribution in [2.45, 2.75) is 11.8 Å². The van der Waals surface area contributed by atoms with Crippen molar-refractivity contribution in [2.75, 3.05) is 18.5 Å². The van der Waals surface area contributed by atoms with Crippen LogP contribution in [0.1, 0.15) is 5.56 Å². The maximum absolute atomic E-state index is 13.3. The van der Waals surface area contributed by atoms with Crippen LogP contribution in [0.4, 0.5) is 11.4 Å². The van der Waals surface area contributed by atoms with Gasteiger partial charge in [-0.1, -0.05) is 17.7 Å². The molecule has 0 radical (unpaired) electrons. The molecule has 0 aromatic heterocycles. The first-order valence-corrected chi connectivity index (χ1v) is 10.3. The van der Waals surface area contributed by atoms with Crippen molar-refractivity contribution in [3.8, 4) is 11.5 Å². The van der Waals surface area contributed by atoms with Gasteiger partial charge in [0.1, 0.15) is 17.8 Å². The highest BCUT2D eigenvalue weighted by Gasteiger charge is 2.24. The summed E-state index contributed by atoms with van der Waals surface area (Å²) in [5.41, 5.74) is 2.03. The summed E-state index contributed by atoms with van der Waals surface area (Å²) in [4.78, 5) is 4.53. The predicted octanol–water partition coefficient (Wildman–Crippen LogP) is 4.57. The van der Waals surface area contributed by atoms with Crippen LogP contribution in [0.25, 0.3) is 0 Å². The second kappa shape index (κ2) is 8.79. The van der Waals surface area contributed by atoms with Crippen LogP contribution in [0.2, 0.25) is 0 Å². The van der Waals surface area contributed by atoms with Gasteiger partial charge in [-0.25, -0.2) is 17.7 Å². The zero-order chi connectivity index (χ0) is 20.9. The van der Waals surface area contributed by atoms with E-state index >= 15 is 0 Å². The van der Waals surface area contributed by atoms with E-state index in [2.05, 4.69) is 4.99 Å². The van der Waals surface area contributed by atoms with Crippen LogP contribution in [0.5, 0.6) is 11.5 Å². The number of methoxy groups -OCH3 is 2. The van der Waals surface area contributed by atoms with E-state index in [-0.39, 0.29) is 4.90 Å². The van der Waals surface area contributed by atoms with Gasteiger partial charge >= 0.3 is 0 Å². The first-order chi connectivity index (χ1) is 13.9. The summed E-state index contributed by atoms with van der Waals surface area (Å²) in [6.07, 6.45) is 1.30. The Kier molecular flexibility index (Phi) is 6.19. The zero-order valence-electron chi connectivity index (χ0n) is 16.4. The van der Waals surface area contributed by atoms with Crippen molar-refractivity contribution in [2.24, 2.45) is 4.99 Å². The van der Waals surface area contributed by atoms with Gasteiger partial charge in [-0.2, -0.15) is 0 Å². The van der Waals surface area contributed by atoms with Crippen LogP contribution < -0.4 is 13.8 Å². The highest BCUT2D eigenvalue weighted by molar-refractivity contribution is 7.93. The average Bonchev–Trinajstić information content (AvgIpc) is 2.75. The fourth-order valence-corrected chi connectivity index (χ4v) is 3.89. The van der Waals surface area contributed by atoms with E-state index in [0.717, 1.165) is 9.87 Å². The Labute approximate surface area is 171 Å². The van der Waals surface area contributed by atoms with Gasteiger partial charge in [0.05, 0.1) is 30.5 Å². The molecule has 6 nitrogen and oxygen atoms in total. The molecule has 0 fully saturated rings. The lowest BCUT2D eigenvalue weighted by Crippen LogP contribution is -2.29. The molecule has 0 saturated carbocycles. The van der Waals surface area contributed by atoms with Crippen LogP contribution >= 0.6 is 0 Å². The van der Waals surface area contributed by atoms with Crippen molar-refractivity contribution < 1.29 is 17.9 Å². The van der Waals surface area contributed by atoms with Gasteiger partial charge in [0.15, 0.2) is 0 Å². The number of anilines is 1. The van der Waals surface area contributed by atoms with Crippen molar-refractivity contribution in [3.63, 3.8) is 0 Å². The molecule has 0 bridgehead atoms. The highest BCUT2D eigenvalue weighted by Crippen LogP contribution is 2.26. The molecule has 29 heavy (non-hydrogen) atoms. The molecule has 0 aliphatic carbocycles. The van der Waals surface area contributed by atoms with E-state index in [1.807, 2.05) is 6.92 Å². The Hall–Kier alpha value is -3.32. The fraction of sp³-hybridized carbons (Fsp3) is 0.136. The average molecular weight is 410 g/mol. The molecular weight excluding hydrogens is 388 g/mol. The smallest absolute Gasteiger partial charge is 0.269 e. The second-order valence-corrected chi connectivity index (χ2v) is 8.07. The molecule has 0 saturated heterocycles. The van der Waals surface area contributed by atoms with Gasteiger partial charge in [-0.15, -0.1) is 0 Å². The van der Waals surface area contributed by atoms with Crippen LogP contribution in [-0.4, -0.2) is 29.0 Å². The summed E-state index contributed by atoms with van der Waals surface area (Å²) in [6, 6.07) is 20.5. The molecule has 0 atom stereocenters. The summed E-state index contributed by atoms with van der Waals surface area (Å²) in [7, 11) is -0.717. The van der Waals surface area contributed by atoms with Crippen molar-refractivity contribution in [1.82, 2.24) is 0 Å². The van der Waals surface area contributed by atoms with Crippen LogP contribution in [-0.2, 0) is 10.0 Å². The third-order valence-electron chi connectivity index (χ3n) is 4.29. The number of rotatable bonds is 7. The number of hydrogen-bond acceptors (Lipinski definition) is 5. The molecule has 0 aliphatic heterocycles. The molecule has 0 heterocycles. The normalized spacial score (nSPS) is 11.4. The van der Waals surface area contributed by atoms with Crippen LogP contribution in [0.3, 0.4) is 0 Å². The van der Waals surface area contributed by atoms with Crippen LogP contribution in [0.15, 0.2) is 82.7 Å². The number of aliphatic imine (C=N–C) groups is 1. The summed E-state index contributed by atoms with van der Waals surface area (Å²) in [5.74, 6) is 1.33. The SMILES string of the molecule is COc1ccc(N=CN(c2ccc(OC)cc2)S(=O)(=O)c2ccc(C)cc2)cc1. The summed E-state index contributed by atoms with van der Waals surface area (Å²) in [6.45, 7) is 1.91. The lowest BCUT2D eigenvalue weighted by atomic mass is 10.2. The lowest BCUT2D eigenvalue weighted by Gasteiger charge is -2.20. The minimum atomic E-state index is -3.85. The van der Waals surface area contributed by atoms with E-state index in [9.17, 15) is 8.42 Å². The third-order valence-corrected chi connectivity index (χ3v) is 5.98. The Balaban J connectivity index is 2.02. The van der Waals surface area contributed by atoms with Crippen molar-refractivity contribution in [3.05, 3.63) is 78.4 Å². The molecule has 0 aliphatic rings. The quantitative estimate of drug-likeness (QED) is 0.423. The highest BCUT2D eigenvalue weighted by atomic mass is 32.2. The number of benzene rings is 3. The molecule has 0 N–H and O–H groups in total. The van der Waals surface area contributed by atoms with Crippen molar-refractivity contribution in [1.29, 1.82) is 0 Å². The Bertz CT molecular complexity index is 1080. The van der Waals surface area contributed by atoms with E-state index in [1.54, 1.807) is 87.0 Å². The number of nitrogens with zero attached hydrogens (tertiary/aromatic N) is 2. The van der Waals surface area contributed by atoms with Crippen LogP contribution in [0, 0.1) is 6.92 Å². The number of ether oxygens (including phenoxy) is 2. The van der Waals surface area contributed by atoms with Gasteiger partial charge in [-0.3, -0.25) is 0 Å². The molecule has 3 aromatic carbocycles. The molecular formula is C22H22N2O4S. The summed E-state index contributed by atoms with van der Waals surface area (Å²) in [5, 5.41) is 0. The first kappa shape index (κ1) is 20.4. The molecule has 3 aromatic rings. The molecule has 0 spiro atoms. The zero-order valence-corrected chi connectivity index (χ0v) is 17.3. The van der Waals surface area contributed by atoms with E-state index < -0.39 is 10.0 Å². The molecule has 0 unspecified atom stereocenters. The van der Waals surface area contributed by atoms with E-state index in [4.69, 9.17) is 9.47 Å². The fourth-order valence-electron chi connectivity index (χ4n) is 2.61. The predicted molar refractivity (Wildman–Crippen MR) is 115 cm³/mol. The minimum absolute atomic E-state index is 0.181. The minimum Gasteiger partial charge on any atom is -0.497 e. The molecule has 0 amide bonds. The molecule has 150 valence electrons.